The van der Waals surface area contributed by atoms with Crippen molar-refractivity contribution in [1.29, 1.82) is 0 Å². The van der Waals surface area contributed by atoms with Crippen LogP contribution in [-0.4, -0.2) is 18.4 Å². The molecule has 0 amide bonds. The second kappa shape index (κ2) is 7.99. The predicted molar refractivity (Wildman–Crippen MR) is 103 cm³/mol. The van der Waals surface area contributed by atoms with Crippen molar-refractivity contribution in [1.82, 2.24) is 0 Å². The first-order valence-electron chi connectivity index (χ1n) is 8.34. The second-order valence-electron chi connectivity index (χ2n) is 6.42. The van der Waals surface area contributed by atoms with Crippen molar-refractivity contribution in [2.75, 3.05) is 6.61 Å². The molecule has 6 heteroatoms. The van der Waals surface area contributed by atoms with Crippen LogP contribution < -0.4 is 0 Å². The highest BCUT2D eigenvalue weighted by Crippen LogP contribution is 2.42. The van der Waals surface area contributed by atoms with E-state index in [2.05, 4.69) is 0 Å². The maximum absolute atomic E-state index is 12.9. The quantitative estimate of drug-likeness (QED) is 0.455. The first-order valence-corrected chi connectivity index (χ1v) is 9.47. The fourth-order valence-electron chi connectivity index (χ4n) is 3.38. The minimum atomic E-state index is -0.706. The van der Waals surface area contributed by atoms with E-state index in [1.807, 2.05) is 12.1 Å². The molecule has 0 bridgehead atoms. The molecule has 0 saturated heterocycles. The van der Waals surface area contributed by atoms with E-state index in [0.717, 1.165) is 18.4 Å². The van der Waals surface area contributed by atoms with E-state index >= 15 is 0 Å². The molecule has 0 unspecified atom stereocenters. The van der Waals surface area contributed by atoms with Crippen LogP contribution in [0.1, 0.15) is 41.6 Å². The van der Waals surface area contributed by atoms with Gasteiger partial charge in [-0.05, 0) is 48.7 Å². The number of hydrogen-bond donors (Lipinski definition) is 0. The van der Waals surface area contributed by atoms with E-state index in [1.54, 1.807) is 24.3 Å². The smallest absolute Gasteiger partial charge is 0.317 e. The summed E-state index contributed by atoms with van der Waals surface area (Å²) < 4.78 is 5.40. The van der Waals surface area contributed by atoms with Crippen molar-refractivity contribution in [3.8, 4) is 0 Å². The fraction of sp³-hybridized carbons (Fsp3) is 0.300. The molecule has 1 aliphatic rings. The van der Waals surface area contributed by atoms with E-state index in [1.165, 1.54) is 6.07 Å². The van der Waals surface area contributed by atoms with Gasteiger partial charge in [-0.15, -0.1) is 0 Å². The summed E-state index contributed by atoms with van der Waals surface area (Å²) in [5.41, 5.74) is 0.535. The number of esters is 1. The monoisotopic (exact) mass is 410 g/mol. The number of carbonyl (C=O) groups excluding carboxylic acids is 2. The molecule has 0 spiro atoms. The highest BCUT2D eigenvalue weighted by molar-refractivity contribution is 6.42. The molecule has 0 heterocycles. The summed E-state index contributed by atoms with van der Waals surface area (Å²) in [6.07, 6.45) is 3.29. The van der Waals surface area contributed by atoms with Crippen LogP contribution >= 0.6 is 34.8 Å². The van der Waals surface area contributed by atoms with Crippen LogP contribution in [0.2, 0.25) is 15.1 Å². The minimum absolute atomic E-state index is 0.289. The first-order chi connectivity index (χ1) is 12.4. The first kappa shape index (κ1) is 19.2. The Balaban J connectivity index is 1.73. The van der Waals surface area contributed by atoms with Gasteiger partial charge in [-0.1, -0.05) is 59.8 Å². The molecule has 2 aromatic carbocycles. The second-order valence-corrected chi connectivity index (χ2v) is 7.68. The lowest BCUT2D eigenvalue weighted by atomic mass is 9.79. The lowest BCUT2D eigenvalue weighted by Crippen LogP contribution is -2.35. The predicted octanol–water partition coefficient (Wildman–Crippen LogP) is 5.88. The Labute approximate surface area is 167 Å². The van der Waals surface area contributed by atoms with E-state index < -0.39 is 5.41 Å². The summed E-state index contributed by atoms with van der Waals surface area (Å²) >= 11 is 17.8. The SMILES string of the molecule is O=C(COC(=O)C1(c2ccc(Cl)cc2)CCCC1)c1ccc(Cl)c(Cl)c1. The van der Waals surface area contributed by atoms with Gasteiger partial charge in [-0.2, -0.15) is 0 Å². The van der Waals surface area contributed by atoms with Gasteiger partial charge >= 0.3 is 5.97 Å². The highest BCUT2D eigenvalue weighted by Gasteiger charge is 2.44. The molecular formula is C20H17Cl3O3. The normalized spacial score (nSPS) is 15.7. The summed E-state index contributed by atoms with van der Waals surface area (Å²) in [5, 5.41) is 1.27. The van der Waals surface area contributed by atoms with Gasteiger partial charge in [0, 0.05) is 10.6 Å². The summed E-state index contributed by atoms with van der Waals surface area (Å²) in [4.78, 5) is 25.2. The number of ketones is 1. The molecule has 26 heavy (non-hydrogen) atoms. The third-order valence-corrected chi connectivity index (χ3v) is 5.81. The molecule has 3 rings (SSSR count). The van der Waals surface area contributed by atoms with E-state index in [4.69, 9.17) is 39.5 Å². The van der Waals surface area contributed by atoms with Crippen molar-refractivity contribution >= 4 is 46.6 Å². The van der Waals surface area contributed by atoms with Gasteiger partial charge in [-0.25, -0.2) is 0 Å². The third-order valence-electron chi connectivity index (χ3n) is 4.82. The molecular weight excluding hydrogens is 395 g/mol. The van der Waals surface area contributed by atoms with Crippen LogP contribution in [0.3, 0.4) is 0 Å². The number of rotatable bonds is 5. The fourth-order valence-corrected chi connectivity index (χ4v) is 3.80. The molecule has 136 valence electrons. The molecule has 0 N–H and O–H groups in total. The molecule has 2 aromatic rings. The average molecular weight is 412 g/mol. The summed E-state index contributed by atoms with van der Waals surface area (Å²) in [7, 11) is 0. The largest absolute Gasteiger partial charge is 0.457 e. The van der Waals surface area contributed by atoms with Crippen LogP contribution in [0.25, 0.3) is 0 Å². The number of halogens is 3. The summed E-state index contributed by atoms with van der Waals surface area (Å²) in [5.74, 6) is -0.688. The zero-order valence-electron chi connectivity index (χ0n) is 13.9. The van der Waals surface area contributed by atoms with Gasteiger partial charge < -0.3 is 4.74 Å². The lowest BCUT2D eigenvalue weighted by molar-refractivity contribution is -0.149. The maximum Gasteiger partial charge on any atom is 0.317 e. The number of Topliss-reactive ketones (excluding diaryl/α,β-unsaturated/α-hetero) is 1. The van der Waals surface area contributed by atoms with Gasteiger partial charge in [0.2, 0.25) is 0 Å². The van der Waals surface area contributed by atoms with E-state index in [-0.39, 0.29) is 23.4 Å². The topological polar surface area (TPSA) is 43.4 Å². The highest BCUT2D eigenvalue weighted by atomic mass is 35.5. The lowest BCUT2D eigenvalue weighted by Gasteiger charge is -2.27. The van der Waals surface area contributed by atoms with Crippen molar-refractivity contribution < 1.29 is 14.3 Å². The average Bonchev–Trinajstić information content (AvgIpc) is 3.13. The molecule has 1 fully saturated rings. The standard InChI is InChI=1S/C20H17Cl3O3/c21-15-6-4-14(5-7-15)20(9-1-2-10-20)19(25)26-12-18(24)13-3-8-16(22)17(23)11-13/h3-8,11H,1-2,9-10,12H2. The van der Waals surface area contributed by atoms with Crippen LogP contribution in [0.15, 0.2) is 42.5 Å². The maximum atomic E-state index is 12.9. The number of hydrogen-bond acceptors (Lipinski definition) is 3. The molecule has 0 atom stereocenters. The summed E-state index contributed by atoms with van der Waals surface area (Å²) in [6, 6.07) is 11.8. The number of ether oxygens (including phenoxy) is 1. The van der Waals surface area contributed by atoms with Gasteiger partial charge in [0.05, 0.1) is 15.5 Å². The van der Waals surface area contributed by atoms with E-state index in [0.29, 0.717) is 28.5 Å². The van der Waals surface area contributed by atoms with Crippen molar-refractivity contribution in [3.63, 3.8) is 0 Å². The Bertz CT molecular complexity index is 825. The summed E-state index contributed by atoms with van der Waals surface area (Å²) in [6.45, 7) is -0.327. The zero-order chi connectivity index (χ0) is 18.7. The number of benzene rings is 2. The molecule has 0 aliphatic heterocycles. The third kappa shape index (κ3) is 3.90. The molecule has 1 saturated carbocycles. The molecule has 0 aromatic heterocycles. The Morgan fingerprint density at radius 1 is 0.923 bits per heavy atom. The minimum Gasteiger partial charge on any atom is -0.457 e. The van der Waals surface area contributed by atoms with Gasteiger partial charge in [0.25, 0.3) is 0 Å². The number of carbonyl (C=O) groups is 2. The van der Waals surface area contributed by atoms with Crippen molar-refractivity contribution in [3.05, 3.63) is 68.7 Å². The van der Waals surface area contributed by atoms with Crippen molar-refractivity contribution in [2.45, 2.75) is 31.1 Å². The van der Waals surface area contributed by atoms with Crippen LogP contribution in [-0.2, 0) is 14.9 Å². The Morgan fingerprint density at radius 3 is 2.19 bits per heavy atom. The van der Waals surface area contributed by atoms with Crippen molar-refractivity contribution in [2.24, 2.45) is 0 Å². The molecule has 1 aliphatic carbocycles. The Hall–Kier alpha value is -1.55. The van der Waals surface area contributed by atoms with E-state index in [9.17, 15) is 9.59 Å². The molecule has 0 radical (unpaired) electrons. The Kier molecular flexibility index (Phi) is 5.91. The van der Waals surface area contributed by atoms with Gasteiger partial charge in [0.1, 0.15) is 0 Å². The molecule has 3 nitrogen and oxygen atoms in total. The zero-order valence-corrected chi connectivity index (χ0v) is 16.2. The van der Waals surface area contributed by atoms with Crippen LogP contribution in [0, 0.1) is 0 Å². The van der Waals surface area contributed by atoms with Gasteiger partial charge in [0.15, 0.2) is 12.4 Å². The Morgan fingerprint density at radius 2 is 1.58 bits per heavy atom. The van der Waals surface area contributed by atoms with Crippen LogP contribution in [0.5, 0.6) is 0 Å². The van der Waals surface area contributed by atoms with Crippen LogP contribution in [0.4, 0.5) is 0 Å². The van der Waals surface area contributed by atoms with Gasteiger partial charge in [-0.3, -0.25) is 9.59 Å².